The summed E-state index contributed by atoms with van der Waals surface area (Å²) in [5, 5.41) is 0. The second-order valence-electron chi connectivity index (χ2n) is 3.43. The van der Waals surface area contributed by atoms with Crippen LogP contribution in [0.5, 0.6) is 5.75 Å². The summed E-state index contributed by atoms with van der Waals surface area (Å²) in [6, 6.07) is 4.90. The van der Waals surface area contributed by atoms with Gasteiger partial charge in [-0.15, -0.1) is 0 Å². The van der Waals surface area contributed by atoms with Gasteiger partial charge in [0.15, 0.2) is 0 Å². The smallest absolute Gasteiger partial charge is 0.327 e. The molecule has 15 heavy (non-hydrogen) atoms. The lowest BCUT2D eigenvalue weighted by molar-refractivity contribution is -0.142. The highest BCUT2D eigenvalue weighted by atomic mass is 16.5. The third-order valence-electron chi connectivity index (χ3n) is 2.54. The first kappa shape index (κ1) is 9.98. The Bertz CT molecular complexity index is 389. The minimum Gasteiger partial charge on any atom is -0.493 e. The molecule has 1 aromatic rings. The summed E-state index contributed by atoms with van der Waals surface area (Å²) in [6.07, 6.45) is 0.872. The van der Waals surface area contributed by atoms with E-state index in [0.29, 0.717) is 12.2 Å². The Labute approximate surface area is 88.0 Å². The highest BCUT2D eigenvalue weighted by Gasteiger charge is 2.24. The summed E-state index contributed by atoms with van der Waals surface area (Å²) in [7, 11) is 1.33. The number of rotatable bonds is 2. The van der Waals surface area contributed by atoms with Crippen molar-refractivity contribution < 1.29 is 14.3 Å². The Hall–Kier alpha value is -1.55. The molecule has 0 radical (unpaired) electrons. The van der Waals surface area contributed by atoms with Crippen LogP contribution in [-0.4, -0.2) is 19.7 Å². The second kappa shape index (κ2) is 3.90. The van der Waals surface area contributed by atoms with Crippen molar-refractivity contribution in [2.45, 2.75) is 12.5 Å². The molecular weight excluding hydrogens is 194 g/mol. The molecule has 0 saturated heterocycles. The number of benzene rings is 1. The van der Waals surface area contributed by atoms with E-state index in [1.54, 1.807) is 6.07 Å². The molecule has 0 amide bonds. The molecule has 2 rings (SSSR count). The van der Waals surface area contributed by atoms with Crippen molar-refractivity contribution in [3.63, 3.8) is 0 Å². The largest absolute Gasteiger partial charge is 0.493 e. The zero-order chi connectivity index (χ0) is 10.8. The van der Waals surface area contributed by atoms with Gasteiger partial charge < -0.3 is 15.2 Å². The van der Waals surface area contributed by atoms with Gasteiger partial charge >= 0.3 is 5.97 Å². The van der Waals surface area contributed by atoms with Gasteiger partial charge in [-0.2, -0.15) is 0 Å². The number of para-hydroxylation sites is 1. The van der Waals surface area contributed by atoms with Crippen LogP contribution >= 0.6 is 0 Å². The number of hydrogen-bond acceptors (Lipinski definition) is 4. The number of hydrogen-bond donors (Lipinski definition) is 1. The maximum Gasteiger partial charge on any atom is 0.327 e. The van der Waals surface area contributed by atoms with Gasteiger partial charge in [0, 0.05) is 12.0 Å². The van der Waals surface area contributed by atoms with Crippen molar-refractivity contribution in [3.8, 4) is 5.75 Å². The van der Waals surface area contributed by atoms with Gasteiger partial charge in [0.1, 0.15) is 11.8 Å². The summed E-state index contributed by atoms with van der Waals surface area (Å²) in [5.41, 5.74) is 7.58. The summed E-state index contributed by atoms with van der Waals surface area (Å²) in [6.45, 7) is 0.653. The molecule has 2 N–H and O–H groups in total. The van der Waals surface area contributed by atoms with E-state index in [1.807, 2.05) is 12.1 Å². The summed E-state index contributed by atoms with van der Waals surface area (Å²) in [4.78, 5) is 11.3. The SMILES string of the molecule is COC(=O)C(N)c1cccc2c1OCC2. The summed E-state index contributed by atoms with van der Waals surface area (Å²) in [5.74, 6) is 0.300. The van der Waals surface area contributed by atoms with Crippen LogP contribution in [0.25, 0.3) is 0 Å². The maximum absolute atomic E-state index is 11.3. The van der Waals surface area contributed by atoms with Gasteiger partial charge in [-0.25, -0.2) is 0 Å². The molecule has 0 bridgehead atoms. The van der Waals surface area contributed by atoms with Crippen LogP contribution in [0, 0.1) is 0 Å². The highest BCUT2D eigenvalue weighted by Crippen LogP contribution is 2.32. The average Bonchev–Trinajstić information content (AvgIpc) is 2.74. The van der Waals surface area contributed by atoms with Gasteiger partial charge in [-0.3, -0.25) is 4.79 Å². The van der Waals surface area contributed by atoms with Crippen LogP contribution in [0.1, 0.15) is 17.2 Å². The lowest BCUT2D eigenvalue weighted by atomic mass is 10.0. The standard InChI is InChI=1S/C11H13NO3/c1-14-11(13)9(12)8-4-2-3-7-5-6-15-10(7)8/h2-4,9H,5-6,12H2,1H3. The number of nitrogens with two attached hydrogens (primary N) is 1. The zero-order valence-corrected chi connectivity index (χ0v) is 8.53. The monoisotopic (exact) mass is 207 g/mol. The fraction of sp³-hybridized carbons (Fsp3) is 0.364. The third kappa shape index (κ3) is 1.68. The molecule has 0 spiro atoms. The molecule has 0 aliphatic carbocycles. The van der Waals surface area contributed by atoms with E-state index in [4.69, 9.17) is 10.5 Å². The van der Waals surface area contributed by atoms with Crippen LogP contribution in [0.4, 0.5) is 0 Å². The third-order valence-corrected chi connectivity index (χ3v) is 2.54. The molecule has 80 valence electrons. The molecule has 0 aromatic heterocycles. The number of esters is 1. The molecule has 1 aromatic carbocycles. The van der Waals surface area contributed by atoms with E-state index in [-0.39, 0.29) is 0 Å². The first-order chi connectivity index (χ1) is 7.24. The molecule has 4 nitrogen and oxygen atoms in total. The van der Waals surface area contributed by atoms with Crippen molar-refractivity contribution in [2.24, 2.45) is 5.73 Å². The molecule has 1 atom stereocenters. The van der Waals surface area contributed by atoms with Gasteiger partial charge in [-0.05, 0) is 5.56 Å². The number of fused-ring (bicyclic) bond motifs is 1. The fourth-order valence-electron chi connectivity index (χ4n) is 1.74. The molecule has 1 heterocycles. The van der Waals surface area contributed by atoms with Gasteiger partial charge in [0.25, 0.3) is 0 Å². The number of carbonyl (C=O) groups is 1. The Morgan fingerprint density at radius 3 is 3.13 bits per heavy atom. The lowest BCUT2D eigenvalue weighted by Gasteiger charge is -2.13. The van der Waals surface area contributed by atoms with E-state index in [2.05, 4.69) is 4.74 Å². The zero-order valence-electron chi connectivity index (χ0n) is 8.53. The molecule has 4 heteroatoms. The molecule has 1 unspecified atom stereocenters. The van der Waals surface area contributed by atoms with Crippen LogP contribution in [-0.2, 0) is 16.0 Å². The quantitative estimate of drug-likeness (QED) is 0.728. The Morgan fingerprint density at radius 1 is 1.60 bits per heavy atom. The van der Waals surface area contributed by atoms with Crippen molar-refractivity contribution >= 4 is 5.97 Å². The van der Waals surface area contributed by atoms with Crippen LogP contribution in [0.3, 0.4) is 0 Å². The van der Waals surface area contributed by atoms with Crippen molar-refractivity contribution in [3.05, 3.63) is 29.3 Å². The first-order valence-electron chi connectivity index (χ1n) is 4.82. The van der Waals surface area contributed by atoms with Crippen molar-refractivity contribution in [2.75, 3.05) is 13.7 Å². The average molecular weight is 207 g/mol. The minimum absolute atomic E-state index is 0.445. The molecule has 1 aliphatic heterocycles. The number of carbonyl (C=O) groups excluding carboxylic acids is 1. The molecule has 1 aliphatic rings. The predicted octanol–water partition coefficient (Wildman–Crippen LogP) is 0.794. The molecule has 0 fully saturated rings. The summed E-state index contributed by atoms with van der Waals surface area (Å²) >= 11 is 0. The van der Waals surface area contributed by atoms with Crippen LogP contribution in [0.15, 0.2) is 18.2 Å². The van der Waals surface area contributed by atoms with Gasteiger partial charge in [0.2, 0.25) is 0 Å². The molecule has 0 saturated carbocycles. The van der Waals surface area contributed by atoms with E-state index in [9.17, 15) is 4.79 Å². The Morgan fingerprint density at radius 2 is 2.40 bits per heavy atom. The second-order valence-corrected chi connectivity index (χ2v) is 3.43. The minimum atomic E-state index is -0.761. The number of ether oxygens (including phenoxy) is 2. The van der Waals surface area contributed by atoms with Crippen LogP contribution < -0.4 is 10.5 Å². The van der Waals surface area contributed by atoms with Gasteiger partial charge in [0.05, 0.1) is 13.7 Å². The summed E-state index contributed by atoms with van der Waals surface area (Å²) < 4.78 is 10.1. The van der Waals surface area contributed by atoms with Crippen molar-refractivity contribution in [1.29, 1.82) is 0 Å². The normalized spacial score (nSPS) is 15.3. The first-order valence-corrected chi connectivity index (χ1v) is 4.82. The topological polar surface area (TPSA) is 61.5 Å². The fourth-order valence-corrected chi connectivity index (χ4v) is 1.74. The number of methoxy groups -OCH3 is 1. The predicted molar refractivity (Wildman–Crippen MR) is 54.6 cm³/mol. The maximum atomic E-state index is 11.3. The van der Waals surface area contributed by atoms with E-state index < -0.39 is 12.0 Å². The Kier molecular flexibility index (Phi) is 2.60. The highest BCUT2D eigenvalue weighted by molar-refractivity contribution is 5.78. The van der Waals surface area contributed by atoms with Crippen molar-refractivity contribution in [1.82, 2.24) is 0 Å². The van der Waals surface area contributed by atoms with Gasteiger partial charge in [-0.1, -0.05) is 18.2 Å². The van der Waals surface area contributed by atoms with E-state index in [1.165, 1.54) is 7.11 Å². The molecular formula is C11H13NO3. The Balaban J connectivity index is 2.36. The van der Waals surface area contributed by atoms with E-state index in [0.717, 1.165) is 17.7 Å². The van der Waals surface area contributed by atoms with E-state index >= 15 is 0 Å². The van der Waals surface area contributed by atoms with Crippen LogP contribution in [0.2, 0.25) is 0 Å². The lowest BCUT2D eigenvalue weighted by Crippen LogP contribution is -2.23.